The normalized spacial score (nSPS) is 15.3. The maximum absolute atomic E-state index is 13.4. The van der Waals surface area contributed by atoms with Gasteiger partial charge in [-0.25, -0.2) is 8.78 Å². The highest BCUT2D eigenvalue weighted by Crippen LogP contribution is 2.21. The minimum absolute atomic E-state index is 0.109. The molecule has 33 heavy (non-hydrogen) atoms. The molecule has 0 saturated carbocycles. The van der Waals surface area contributed by atoms with E-state index in [1.165, 1.54) is 6.07 Å². The van der Waals surface area contributed by atoms with Gasteiger partial charge in [0.15, 0.2) is 17.7 Å². The molecule has 1 fully saturated rings. The van der Waals surface area contributed by atoms with E-state index in [0.29, 0.717) is 44.4 Å². The van der Waals surface area contributed by atoms with E-state index in [2.05, 4.69) is 15.0 Å². The highest BCUT2D eigenvalue weighted by molar-refractivity contribution is 5.81. The molecule has 0 N–H and O–H groups in total. The number of carbonyl (C=O) groups excluding carboxylic acids is 1. The number of nitrogens with zero attached hydrogens (tertiary/aromatic N) is 4. The van der Waals surface area contributed by atoms with Gasteiger partial charge in [-0.1, -0.05) is 5.16 Å². The van der Waals surface area contributed by atoms with Crippen molar-refractivity contribution < 1.29 is 27.6 Å². The first-order valence-corrected chi connectivity index (χ1v) is 10.5. The van der Waals surface area contributed by atoms with Gasteiger partial charge in [-0.3, -0.25) is 9.69 Å². The zero-order valence-corrected chi connectivity index (χ0v) is 18.3. The summed E-state index contributed by atoms with van der Waals surface area (Å²) in [5.41, 5.74) is 0.830. The van der Waals surface area contributed by atoms with Crippen molar-refractivity contribution in [2.24, 2.45) is 0 Å². The molecular weight excluding hydrogens is 434 g/mol. The lowest BCUT2D eigenvalue weighted by Crippen LogP contribution is -2.51. The number of rotatable bonds is 7. The second kappa shape index (κ2) is 9.95. The molecule has 1 atom stereocenters. The van der Waals surface area contributed by atoms with E-state index in [4.69, 9.17) is 14.0 Å². The van der Waals surface area contributed by atoms with Crippen LogP contribution in [-0.2, 0) is 11.3 Å². The van der Waals surface area contributed by atoms with Crippen molar-refractivity contribution in [1.82, 2.24) is 19.9 Å². The molecule has 1 amide bonds. The molecule has 0 spiro atoms. The first-order valence-electron chi connectivity index (χ1n) is 10.5. The quantitative estimate of drug-likeness (QED) is 0.538. The lowest BCUT2D eigenvalue weighted by Gasteiger charge is -2.35. The first-order chi connectivity index (χ1) is 15.9. The Labute approximate surface area is 189 Å². The number of hydrogen-bond donors (Lipinski definition) is 0. The molecule has 3 aromatic rings. The van der Waals surface area contributed by atoms with Crippen molar-refractivity contribution in [3.05, 3.63) is 60.0 Å². The van der Waals surface area contributed by atoms with Crippen molar-refractivity contribution in [3.63, 3.8) is 0 Å². The Bertz CT molecular complexity index is 1100. The lowest BCUT2D eigenvalue weighted by molar-refractivity contribution is -0.139. The summed E-state index contributed by atoms with van der Waals surface area (Å²) in [6, 6.07) is 10.6. The summed E-state index contributed by atoms with van der Waals surface area (Å²) in [6.07, 6.45) is -0.815. The predicted octanol–water partition coefficient (Wildman–Crippen LogP) is 3.14. The lowest BCUT2D eigenvalue weighted by atomic mass is 10.2. The van der Waals surface area contributed by atoms with Crippen LogP contribution < -0.4 is 9.47 Å². The summed E-state index contributed by atoms with van der Waals surface area (Å²) in [4.78, 5) is 21.0. The topological polar surface area (TPSA) is 80.9 Å². The van der Waals surface area contributed by atoms with E-state index in [-0.39, 0.29) is 11.7 Å². The Morgan fingerprint density at radius 3 is 2.42 bits per heavy atom. The number of benzene rings is 2. The van der Waals surface area contributed by atoms with Crippen molar-refractivity contribution >= 4 is 5.91 Å². The Morgan fingerprint density at radius 2 is 1.76 bits per heavy atom. The number of piperazine rings is 1. The van der Waals surface area contributed by atoms with Crippen molar-refractivity contribution in [1.29, 1.82) is 0 Å². The first kappa shape index (κ1) is 22.7. The molecule has 2 heterocycles. The van der Waals surface area contributed by atoms with Crippen LogP contribution in [0.3, 0.4) is 0 Å². The number of aromatic nitrogens is 2. The summed E-state index contributed by atoms with van der Waals surface area (Å²) in [7, 11) is 1.61. The molecule has 0 radical (unpaired) electrons. The molecule has 174 valence electrons. The van der Waals surface area contributed by atoms with Gasteiger partial charge in [0, 0.05) is 37.8 Å². The summed E-state index contributed by atoms with van der Waals surface area (Å²) >= 11 is 0. The van der Waals surface area contributed by atoms with E-state index in [1.807, 2.05) is 24.3 Å². The highest BCUT2D eigenvalue weighted by Gasteiger charge is 2.27. The fourth-order valence-electron chi connectivity index (χ4n) is 3.56. The molecule has 4 rings (SSSR count). The molecule has 1 aliphatic heterocycles. The van der Waals surface area contributed by atoms with Gasteiger partial charge in [-0.2, -0.15) is 4.98 Å². The maximum atomic E-state index is 13.4. The summed E-state index contributed by atoms with van der Waals surface area (Å²) in [5.74, 6) is -0.331. The van der Waals surface area contributed by atoms with Crippen molar-refractivity contribution in [2.45, 2.75) is 19.6 Å². The van der Waals surface area contributed by atoms with Gasteiger partial charge in [0.25, 0.3) is 5.91 Å². The standard InChI is InChI=1S/C23H24F2N4O4/c1-15(32-18-7-8-19(24)20(25)13-18)23(30)29-11-9-28(10-12-29)14-21-26-22(27-33-21)16-3-5-17(31-2)6-4-16/h3-8,13,15H,9-12,14H2,1-2H3. The summed E-state index contributed by atoms with van der Waals surface area (Å²) in [6.45, 7) is 4.34. The van der Waals surface area contributed by atoms with Gasteiger partial charge in [0.1, 0.15) is 11.5 Å². The molecule has 0 bridgehead atoms. The molecule has 1 saturated heterocycles. The third kappa shape index (κ3) is 5.46. The van der Waals surface area contributed by atoms with E-state index >= 15 is 0 Å². The van der Waals surface area contributed by atoms with Crippen LogP contribution in [0.25, 0.3) is 11.4 Å². The van der Waals surface area contributed by atoms with E-state index < -0.39 is 17.7 Å². The number of methoxy groups -OCH3 is 1. The Balaban J connectivity index is 1.27. The SMILES string of the molecule is COc1ccc(-c2noc(CN3CCN(C(=O)C(C)Oc4ccc(F)c(F)c4)CC3)n2)cc1. The van der Waals surface area contributed by atoms with Gasteiger partial charge >= 0.3 is 0 Å². The summed E-state index contributed by atoms with van der Waals surface area (Å²) in [5, 5.41) is 4.04. The van der Waals surface area contributed by atoms with Crippen LogP contribution in [0.2, 0.25) is 0 Å². The smallest absolute Gasteiger partial charge is 0.263 e. The second-order valence-corrected chi connectivity index (χ2v) is 7.68. The molecule has 0 aliphatic carbocycles. The Hall–Kier alpha value is -3.53. The fraction of sp³-hybridized carbons (Fsp3) is 0.348. The third-order valence-corrected chi connectivity index (χ3v) is 5.41. The second-order valence-electron chi connectivity index (χ2n) is 7.68. The molecule has 8 nitrogen and oxygen atoms in total. The monoisotopic (exact) mass is 458 g/mol. The average molecular weight is 458 g/mol. The Morgan fingerprint density at radius 1 is 1.06 bits per heavy atom. The number of hydrogen-bond acceptors (Lipinski definition) is 7. The van der Waals surface area contributed by atoms with Gasteiger partial charge in [-0.05, 0) is 43.3 Å². The number of carbonyl (C=O) groups is 1. The van der Waals surface area contributed by atoms with Crippen molar-refractivity contribution in [3.8, 4) is 22.9 Å². The van der Waals surface area contributed by atoms with Crippen LogP contribution in [0.5, 0.6) is 11.5 Å². The van der Waals surface area contributed by atoms with Gasteiger partial charge in [0.2, 0.25) is 11.7 Å². The third-order valence-electron chi connectivity index (χ3n) is 5.41. The predicted molar refractivity (Wildman–Crippen MR) is 115 cm³/mol. The fourth-order valence-corrected chi connectivity index (χ4v) is 3.56. The number of amides is 1. The van der Waals surface area contributed by atoms with Gasteiger partial charge in [-0.15, -0.1) is 0 Å². The van der Waals surface area contributed by atoms with E-state index in [0.717, 1.165) is 23.4 Å². The molecule has 1 aromatic heterocycles. The zero-order chi connectivity index (χ0) is 23.4. The molecule has 10 heteroatoms. The number of ether oxygens (including phenoxy) is 2. The van der Waals surface area contributed by atoms with Crippen LogP contribution in [0.15, 0.2) is 47.0 Å². The average Bonchev–Trinajstić information content (AvgIpc) is 3.30. The van der Waals surface area contributed by atoms with Crippen LogP contribution in [0.4, 0.5) is 8.78 Å². The zero-order valence-electron chi connectivity index (χ0n) is 18.3. The van der Waals surface area contributed by atoms with E-state index in [9.17, 15) is 13.6 Å². The molecule has 2 aromatic carbocycles. The largest absolute Gasteiger partial charge is 0.497 e. The molecular formula is C23H24F2N4O4. The van der Waals surface area contributed by atoms with Gasteiger partial charge < -0.3 is 18.9 Å². The minimum Gasteiger partial charge on any atom is -0.497 e. The Kier molecular flexibility index (Phi) is 6.83. The van der Waals surface area contributed by atoms with Crippen LogP contribution in [0.1, 0.15) is 12.8 Å². The highest BCUT2D eigenvalue weighted by atomic mass is 19.2. The molecule has 1 unspecified atom stereocenters. The van der Waals surface area contributed by atoms with Crippen LogP contribution in [0, 0.1) is 11.6 Å². The molecule has 1 aliphatic rings. The van der Waals surface area contributed by atoms with Crippen LogP contribution >= 0.6 is 0 Å². The maximum Gasteiger partial charge on any atom is 0.263 e. The number of halogens is 2. The van der Waals surface area contributed by atoms with Crippen molar-refractivity contribution in [2.75, 3.05) is 33.3 Å². The van der Waals surface area contributed by atoms with E-state index in [1.54, 1.807) is 18.9 Å². The summed E-state index contributed by atoms with van der Waals surface area (Å²) < 4.78 is 42.5. The minimum atomic E-state index is -1.02. The van der Waals surface area contributed by atoms with Gasteiger partial charge in [0.05, 0.1) is 13.7 Å². The van der Waals surface area contributed by atoms with Crippen LogP contribution in [-0.4, -0.2) is 65.2 Å².